The fraction of sp³-hybridized carbons (Fsp3) is 0.500. The molecule has 0 bridgehead atoms. The molecule has 1 saturated heterocycles. The first-order chi connectivity index (χ1) is 9.26. The molecule has 2 aromatic rings. The summed E-state index contributed by atoms with van der Waals surface area (Å²) in [6, 6.07) is 4.60. The lowest BCUT2D eigenvalue weighted by Crippen LogP contribution is -2.36. The van der Waals surface area contributed by atoms with Gasteiger partial charge in [0.05, 0.1) is 11.0 Å². The normalized spacial score (nSPS) is 20.1. The molecule has 0 amide bonds. The van der Waals surface area contributed by atoms with E-state index in [1.807, 2.05) is 0 Å². The Bertz CT molecular complexity index is 567. The highest BCUT2D eigenvalue weighted by Crippen LogP contribution is 2.25. The van der Waals surface area contributed by atoms with Crippen LogP contribution in [0.15, 0.2) is 18.2 Å². The highest BCUT2D eigenvalue weighted by molar-refractivity contribution is 5.77. The van der Waals surface area contributed by atoms with E-state index < -0.39 is 0 Å². The Morgan fingerprint density at radius 1 is 1.47 bits per heavy atom. The van der Waals surface area contributed by atoms with Gasteiger partial charge < -0.3 is 15.0 Å². The Morgan fingerprint density at radius 2 is 2.37 bits per heavy atom. The van der Waals surface area contributed by atoms with Crippen molar-refractivity contribution in [1.29, 1.82) is 0 Å². The lowest BCUT2D eigenvalue weighted by atomic mass is 9.95. The van der Waals surface area contributed by atoms with Crippen molar-refractivity contribution in [2.45, 2.75) is 19.3 Å². The van der Waals surface area contributed by atoms with E-state index in [-0.39, 0.29) is 12.4 Å². The number of aliphatic hydroxyl groups excluding tert-OH is 1. The van der Waals surface area contributed by atoms with Gasteiger partial charge in [-0.1, -0.05) is 0 Å². The maximum absolute atomic E-state index is 13.2. The van der Waals surface area contributed by atoms with Crippen LogP contribution in [0.3, 0.4) is 0 Å². The number of aromatic nitrogens is 2. The van der Waals surface area contributed by atoms with E-state index >= 15 is 0 Å². The van der Waals surface area contributed by atoms with Crippen LogP contribution in [0.25, 0.3) is 11.0 Å². The summed E-state index contributed by atoms with van der Waals surface area (Å²) >= 11 is 0. The van der Waals surface area contributed by atoms with Crippen molar-refractivity contribution in [1.82, 2.24) is 9.97 Å². The molecular weight excluding hydrogens is 245 g/mol. The van der Waals surface area contributed by atoms with Crippen LogP contribution in [0.2, 0.25) is 0 Å². The summed E-state index contributed by atoms with van der Waals surface area (Å²) in [7, 11) is 0. The molecule has 1 atom stereocenters. The predicted molar refractivity (Wildman–Crippen MR) is 72.7 cm³/mol. The summed E-state index contributed by atoms with van der Waals surface area (Å²) in [5.41, 5.74) is 1.53. The summed E-state index contributed by atoms with van der Waals surface area (Å²) in [6.45, 7) is 2.11. The smallest absolute Gasteiger partial charge is 0.203 e. The largest absolute Gasteiger partial charge is 0.396 e. The fourth-order valence-corrected chi connectivity index (χ4v) is 2.79. The second-order valence-corrected chi connectivity index (χ2v) is 5.19. The van der Waals surface area contributed by atoms with Gasteiger partial charge in [-0.15, -0.1) is 0 Å². The van der Waals surface area contributed by atoms with Crippen LogP contribution >= 0.6 is 0 Å². The van der Waals surface area contributed by atoms with Gasteiger partial charge in [0.15, 0.2) is 0 Å². The van der Waals surface area contributed by atoms with Crippen molar-refractivity contribution < 1.29 is 9.50 Å². The molecule has 0 spiro atoms. The van der Waals surface area contributed by atoms with Gasteiger partial charge in [-0.2, -0.15) is 0 Å². The number of piperidine rings is 1. The maximum Gasteiger partial charge on any atom is 0.203 e. The summed E-state index contributed by atoms with van der Waals surface area (Å²) < 4.78 is 13.2. The number of fused-ring (bicyclic) bond motifs is 1. The summed E-state index contributed by atoms with van der Waals surface area (Å²) in [5.74, 6) is 1.08. The van der Waals surface area contributed by atoms with Gasteiger partial charge in [0.1, 0.15) is 5.82 Å². The van der Waals surface area contributed by atoms with E-state index in [0.29, 0.717) is 5.92 Å². The fourth-order valence-electron chi connectivity index (χ4n) is 2.79. The Morgan fingerprint density at radius 3 is 3.21 bits per heavy atom. The van der Waals surface area contributed by atoms with E-state index in [2.05, 4.69) is 14.9 Å². The van der Waals surface area contributed by atoms with Crippen LogP contribution in [-0.4, -0.2) is 34.8 Å². The molecule has 1 aliphatic heterocycles. The molecule has 3 rings (SSSR count). The molecule has 1 aliphatic rings. The van der Waals surface area contributed by atoms with Gasteiger partial charge in [0, 0.05) is 19.7 Å². The van der Waals surface area contributed by atoms with E-state index in [0.717, 1.165) is 49.3 Å². The van der Waals surface area contributed by atoms with Crippen LogP contribution in [-0.2, 0) is 0 Å². The quantitative estimate of drug-likeness (QED) is 0.893. The zero-order valence-corrected chi connectivity index (χ0v) is 10.8. The highest BCUT2D eigenvalue weighted by Gasteiger charge is 2.21. The number of halogens is 1. The Labute approximate surface area is 111 Å². The molecular formula is C14H18FN3O. The molecule has 1 aromatic heterocycles. The summed E-state index contributed by atoms with van der Waals surface area (Å²) in [6.07, 6.45) is 3.10. The minimum atomic E-state index is -0.250. The number of nitrogens with one attached hydrogen (secondary N) is 1. The van der Waals surface area contributed by atoms with Crippen LogP contribution < -0.4 is 4.90 Å². The van der Waals surface area contributed by atoms with Gasteiger partial charge in [0.2, 0.25) is 5.95 Å². The number of nitrogens with zero attached hydrogens (tertiary/aromatic N) is 2. The zero-order valence-electron chi connectivity index (χ0n) is 10.8. The first-order valence-corrected chi connectivity index (χ1v) is 6.77. The van der Waals surface area contributed by atoms with Gasteiger partial charge in [-0.3, -0.25) is 0 Å². The molecule has 0 saturated carbocycles. The van der Waals surface area contributed by atoms with E-state index in [1.54, 1.807) is 6.07 Å². The monoisotopic (exact) mass is 263 g/mol. The first kappa shape index (κ1) is 12.4. The molecule has 0 aliphatic carbocycles. The van der Waals surface area contributed by atoms with Gasteiger partial charge in [-0.25, -0.2) is 9.37 Å². The van der Waals surface area contributed by atoms with Crippen molar-refractivity contribution in [3.8, 4) is 0 Å². The van der Waals surface area contributed by atoms with Gasteiger partial charge >= 0.3 is 0 Å². The predicted octanol–water partition coefficient (Wildman–Crippen LogP) is 2.30. The third-order valence-corrected chi connectivity index (χ3v) is 3.79. The third-order valence-electron chi connectivity index (χ3n) is 3.79. The number of imidazole rings is 1. The lowest BCUT2D eigenvalue weighted by Gasteiger charge is -2.32. The third kappa shape index (κ3) is 2.56. The first-order valence-electron chi connectivity index (χ1n) is 6.77. The van der Waals surface area contributed by atoms with Crippen molar-refractivity contribution in [3.63, 3.8) is 0 Å². The molecule has 1 aromatic carbocycles. The number of anilines is 1. The topological polar surface area (TPSA) is 52.1 Å². The molecule has 0 radical (unpaired) electrons. The molecule has 5 heteroatoms. The average molecular weight is 263 g/mol. The Balaban J connectivity index is 1.83. The number of aliphatic hydroxyl groups is 1. The van der Waals surface area contributed by atoms with Crippen molar-refractivity contribution in [3.05, 3.63) is 24.0 Å². The summed E-state index contributed by atoms with van der Waals surface area (Å²) in [5, 5.41) is 9.04. The number of aromatic amines is 1. The summed E-state index contributed by atoms with van der Waals surface area (Å²) in [4.78, 5) is 9.89. The number of hydrogen-bond donors (Lipinski definition) is 2. The Hall–Kier alpha value is -1.62. The number of benzene rings is 1. The van der Waals surface area contributed by atoms with Crippen molar-refractivity contribution in [2.24, 2.45) is 5.92 Å². The van der Waals surface area contributed by atoms with Crippen LogP contribution in [0, 0.1) is 11.7 Å². The number of hydrogen-bond acceptors (Lipinski definition) is 3. The number of rotatable bonds is 3. The van der Waals surface area contributed by atoms with Crippen LogP contribution in [0.5, 0.6) is 0 Å². The maximum atomic E-state index is 13.2. The zero-order chi connectivity index (χ0) is 13.2. The molecule has 102 valence electrons. The van der Waals surface area contributed by atoms with Crippen molar-refractivity contribution >= 4 is 17.0 Å². The molecule has 2 N–H and O–H groups in total. The molecule has 19 heavy (non-hydrogen) atoms. The minimum Gasteiger partial charge on any atom is -0.396 e. The number of H-pyrrole nitrogens is 1. The highest BCUT2D eigenvalue weighted by atomic mass is 19.1. The van der Waals surface area contributed by atoms with E-state index in [9.17, 15) is 4.39 Å². The van der Waals surface area contributed by atoms with Crippen LogP contribution in [0.1, 0.15) is 19.3 Å². The molecule has 4 nitrogen and oxygen atoms in total. The minimum absolute atomic E-state index is 0.240. The molecule has 1 unspecified atom stereocenters. The van der Waals surface area contributed by atoms with Crippen molar-refractivity contribution in [2.75, 3.05) is 24.6 Å². The van der Waals surface area contributed by atoms with E-state index in [1.165, 1.54) is 12.1 Å². The second-order valence-electron chi connectivity index (χ2n) is 5.19. The molecule has 1 fully saturated rings. The molecule has 2 heterocycles. The Kier molecular flexibility index (Phi) is 3.38. The SMILES string of the molecule is OCCC1CCCN(c2nc3ccc(F)cc3[nH]2)C1. The van der Waals surface area contributed by atoms with E-state index in [4.69, 9.17) is 5.11 Å². The standard InChI is InChI=1S/C14H18FN3O/c15-11-3-4-12-13(8-11)17-14(16-12)18-6-1-2-10(9-18)5-7-19/h3-4,8,10,19H,1-2,5-7,9H2,(H,16,17). The lowest BCUT2D eigenvalue weighted by molar-refractivity contribution is 0.244. The van der Waals surface area contributed by atoms with Gasteiger partial charge in [0.25, 0.3) is 0 Å². The van der Waals surface area contributed by atoms with Crippen LogP contribution in [0.4, 0.5) is 10.3 Å². The second kappa shape index (κ2) is 5.17. The van der Waals surface area contributed by atoms with Gasteiger partial charge in [-0.05, 0) is 43.4 Å². The average Bonchev–Trinajstić information content (AvgIpc) is 2.82.